The number of ether oxygens (including phenoxy) is 1. The van der Waals surface area contributed by atoms with Crippen molar-refractivity contribution < 1.29 is 14.3 Å². The molecular formula is C27H24N2O3S. The molecule has 0 bridgehead atoms. The van der Waals surface area contributed by atoms with Gasteiger partial charge in [0.2, 0.25) is 5.91 Å². The highest BCUT2D eigenvalue weighted by Crippen LogP contribution is 2.24. The van der Waals surface area contributed by atoms with Crippen LogP contribution in [0.15, 0.2) is 95.9 Å². The number of nitrogens with one attached hydrogen (secondary N) is 2. The molecule has 0 saturated carbocycles. The van der Waals surface area contributed by atoms with Gasteiger partial charge < -0.3 is 15.4 Å². The largest absolute Gasteiger partial charge is 0.494 e. The van der Waals surface area contributed by atoms with Gasteiger partial charge in [-0.1, -0.05) is 30.3 Å². The van der Waals surface area contributed by atoms with Crippen LogP contribution in [0.1, 0.15) is 17.3 Å². The maximum Gasteiger partial charge on any atom is 0.255 e. The molecule has 0 aromatic heterocycles. The second-order valence-corrected chi connectivity index (χ2v) is 8.38. The smallest absolute Gasteiger partial charge is 0.255 e. The van der Waals surface area contributed by atoms with E-state index < -0.39 is 0 Å². The standard InChI is InChI=1S/C27H24N2O3S/c1-2-32-24-14-12-23(13-15-24)29-27(31)20-7-10-22(11-8-20)28-26(30)18-33-25-16-9-19-5-3-4-6-21(19)17-25/h3-17H,2,18H2,1H3,(H,28,30)(H,29,31). The highest BCUT2D eigenvalue weighted by Gasteiger charge is 2.08. The highest BCUT2D eigenvalue weighted by molar-refractivity contribution is 8.00. The van der Waals surface area contributed by atoms with Gasteiger partial charge in [-0.3, -0.25) is 9.59 Å². The molecule has 166 valence electrons. The van der Waals surface area contributed by atoms with Crippen molar-refractivity contribution in [2.45, 2.75) is 11.8 Å². The SMILES string of the molecule is CCOc1ccc(NC(=O)c2ccc(NC(=O)CSc3ccc4ccccc4c3)cc2)cc1. The molecule has 0 heterocycles. The van der Waals surface area contributed by atoms with E-state index in [-0.39, 0.29) is 11.8 Å². The molecule has 2 N–H and O–H groups in total. The lowest BCUT2D eigenvalue weighted by Crippen LogP contribution is -2.15. The van der Waals surface area contributed by atoms with Crippen LogP contribution in [0.3, 0.4) is 0 Å². The van der Waals surface area contributed by atoms with Crippen LogP contribution in [-0.2, 0) is 4.79 Å². The predicted octanol–water partition coefficient (Wildman–Crippen LogP) is 6.22. The quantitative estimate of drug-likeness (QED) is 0.309. The Kier molecular flexibility index (Phi) is 7.27. The Morgan fingerprint density at radius 3 is 2.18 bits per heavy atom. The zero-order valence-corrected chi connectivity index (χ0v) is 19.0. The maximum absolute atomic E-state index is 12.5. The summed E-state index contributed by atoms with van der Waals surface area (Å²) in [5, 5.41) is 8.06. The van der Waals surface area contributed by atoms with Gasteiger partial charge in [0.15, 0.2) is 0 Å². The summed E-state index contributed by atoms with van der Waals surface area (Å²) in [4.78, 5) is 25.9. The van der Waals surface area contributed by atoms with Gasteiger partial charge in [-0.25, -0.2) is 0 Å². The van der Waals surface area contributed by atoms with E-state index in [1.807, 2.05) is 37.3 Å². The third-order valence-corrected chi connectivity index (χ3v) is 5.94. The third kappa shape index (κ3) is 6.14. The minimum atomic E-state index is -0.219. The third-order valence-electron chi connectivity index (χ3n) is 4.94. The van der Waals surface area contributed by atoms with Gasteiger partial charge in [-0.05, 0) is 78.4 Å². The molecular weight excluding hydrogens is 432 g/mol. The van der Waals surface area contributed by atoms with Crippen molar-refractivity contribution in [2.75, 3.05) is 23.0 Å². The lowest BCUT2D eigenvalue weighted by molar-refractivity contribution is -0.113. The molecule has 4 rings (SSSR count). The Morgan fingerprint density at radius 1 is 0.788 bits per heavy atom. The molecule has 0 aliphatic carbocycles. The van der Waals surface area contributed by atoms with Crippen molar-refractivity contribution in [1.82, 2.24) is 0 Å². The van der Waals surface area contributed by atoms with Crippen molar-refractivity contribution in [1.29, 1.82) is 0 Å². The molecule has 0 unspecified atom stereocenters. The average molecular weight is 457 g/mol. The zero-order valence-electron chi connectivity index (χ0n) is 18.2. The van der Waals surface area contributed by atoms with Gasteiger partial charge in [0.05, 0.1) is 12.4 Å². The predicted molar refractivity (Wildman–Crippen MR) is 135 cm³/mol. The van der Waals surface area contributed by atoms with Crippen molar-refractivity contribution >= 4 is 45.7 Å². The molecule has 0 aliphatic rings. The van der Waals surface area contributed by atoms with Gasteiger partial charge in [-0.15, -0.1) is 11.8 Å². The maximum atomic E-state index is 12.5. The number of carbonyl (C=O) groups excluding carboxylic acids is 2. The molecule has 6 heteroatoms. The van der Waals surface area contributed by atoms with Crippen LogP contribution in [0.4, 0.5) is 11.4 Å². The topological polar surface area (TPSA) is 67.4 Å². The average Bonchev–Trinajstić information content (AvgIpc) is 2.84. The first-order valence-corrected chi connectivity index (χ1v) is 11.6. The molecule has 4 aromatic rings. The van der Waals surface area contributed by atoms with Gasteiger partial charge in [0, 0.05) is 21.8 Å². The van der Waals surface area contributed by atoms with E-state index in [1.165, 1.54) is 17.1 Å². The monoisotopic (exact) mass is 456 g/mol. The Hall–Kier alpha value is -3.77. The molecule has 33 heavy (non-hydrogen) atoms. The number of thioether (sulfide) groups is 1. The minimum absolute atomic E-state index is 0.0975. The lowest BCUT2D eigenvalue weighted by Gasteiger charge is -2.09. The number of fused-ring (bicyclic) bond motifs is 1. The number of rotatable bonds is 8. The van der Waals surface area contributed by atoms with Crippen molar-refractivity contribution in [2.24, 2.45) is 0 Å². The molecule has 0 aliphatic heterocycles. The van der Waals surface area contributed by atoms with E-state index in [4.69, 9.17) is 4.74 Å². The fourth-order valence-corrected chi connectivity index (χ4v) is 4.06. The number of carbonyl (C=O) groups is 2. The van der Waals surface area contributed by atoms with Gasteiger partial charge >= 0.3 is 0 Å². The number of anilines is 2. The van der Waals surface area contributed by atoms with Gasteiger partial charge in [-0.2, -0.15) is 0 Å². The van der Waals surface area contributed by atoms with Crippen LogP contribution in [0.5, 0.6) is 5.75 Å². The van der Waals surface area contributed by atoms with Crippen LogP contribution in [0.2, 0.25) is 0 Å². The van der Waals surface area contributed by atoms with E-state index in [1.54, 1.807) is 36.4 Å². The summed E-state index contributed by atoms with van der Waals surface area (Å²) >= 11 is 1.49. The summed E-state index contributed by atoms with van der Waals surface area (Å²) in [7, 11) is 0. The zero-order chi connectivity index (χ0) is 23.0. The number of hydrogen-bond acceptors (Lipinski definition) is 4. The highest BCUT2D eigenvalue weighted by atomic mass is 32.2. The number of benzene rings is 4. The fraction of sp³-hybridized carbons (Fsp3) is 0.111. The Morgan fingerprint density at radius 2 is 1.45 bits per heavy atom. The Labute approximate surface area is 197 Å². The van der Waals surface area contributed by atoms with E-state index in [0.717, 1.165) is 16.0 Å². The van der Waals surface area contributed by atoms with E-state index in [9.17, 15) is 9.59 Å². The number of hydrogen-bond donors (Lipinski definition) is 2. The lowest BCUT2D eigenvalue weighted by atomic mass is 10.1. The molecule has 2 amide bonds. The van der Waals surface area contributed by atoms with E-state index in [0.29, 0.717) is 29.3 Å². The second kappa shape index (κ2) is 10.7. The van der Waals surface area contributed by atoms with Crippen LogP contribution in [0, 0.1) is 0 Å². The summed E-state index contributed by atoms with van der Waals surface area (Å²) in [6.07, 6.45) is 0. The molecule has 0 radical (unpaired) electrons. The molecule has 0 fully saturated rings. The summed E-state index contributed by atoms with van der Waals surface area (Å²) in [5.41, 5.74) is 1.84. The minimum Gasteiger partial charge on any atom is -0.494 e. The van der Waals surface area contributed by atoms with Gasteiger partial charge in [0.25, 0.3) is 5.91 Å². The van der Waals surface area contributed by atoms with Gasteiger partial charge in [0.1, 0.15) is 5.75 Å². The normalized spacial score (nSPS) is 10.6. The van der Waals surface area contributed by atoms with Crippen LogP contribution in [0.25, 0.3) is 10.8 Å². The molecule has 0 saturated heterocycles. The van der Waals surface area contributed by atoms with Crippen molar-refractivity contribution in [3.8, 4) is 5.75 Å². The Balaban J connectivity index is 1.29. The molecule has 4 aromatic carbocycles. The molecule has 5 nitrogen and oxygen atoms in total. The van der Waals surface area contributed by atoms with Crippen molar-refractivity contribution in [3.05, 3.63) is 96.6 Å². The first kappa shape index (κ1) is 22.4. The Bertz CT molecular complexity index is 1250. The summed E-state index contributed by atoms with van der Waals surface area (Å²) in [6.45, 7) is 2.52. The first-order chi connectivity index (χ1) is 16.1. The van der Waals surface area contributed by atoms with Crippen molar-refractivity contribution in [3.63, 3.8) is 0 Å². The van der Waals surface area contributed by atoms with E-state index >= 15 is 0 Å². The number of amides is 2. The van der Waals surface area contributed by atoms with Crippen LogP contribution < -0.4 is 15.4 Å². The second-order valence-electron chi connectivity index (χ2n) is 7.33. The molecule has 0 spiro atoms. The summed E-state index contributed by atoms with van der Waals surface area (Å²) in [6, 6.07) is 28.4. The fourth-order valence-electron chi connectivity index (χ4n) is 3.31. The molecule has 0 atom stereocenters. The van der Waals surface area contributed by atoms with E-state index in [2.05, 4.69) is 34.9 Å². The first-order valence-electron chi connectivity index (χ1n) is 10.7. The summed E-state index contributed by atoms with van der Waals surface area (Å²) in [5.74, 6) is 0.746. The van der Waals surface area contributed by atoms with Crippen LogP contribution >= 0.6 is 11.8 Å². The summed E-state index contributed by atoms with van der Waals surface area (Å²) < 4.78 is 5.41. The van der Waals surface area contributed by atoms with Crippen LogP contribution in [-0.4, -0.2) is 24.2 Å².